The Morgan fingerprint density at radius 2 is 1.77 bits per heavy atom. The average molecular weight is 294 g/mol. The molecule has 0 saturated carbocycles. The van der Waals surface area contributed by atoms with Crippen molar-refractivity contribution >= 4 is 22.8 Å². The number of aryl methyl sites for hydroxylation is 1. The van der Waals surface area contributed by atoms with Crippen molar-refractivity contribution in [3.8, 4) is 11.1 Å². The van der Waals surface area contributed by atoms with Crippen molar-refractivity contribution in [3.05, 3.63) is 54.6 Å². The summed E-state index contributed by atoms with van der Waals surface area (Å²) < 4.78 is 7.01. The topological polar surface area (TPSA) is 43.3 Å². The van der Waals surface area contributed by atoms with Gasteiger partial charge in [-0.2, -0.15) is 0 Å². The first-order valence-electron chi connectivity index (χ1n) is 7.29. The number of amides is 1. The van der Waals surface area contributed by atoms with E-state index in [9.17, 15) is 4.79 Å². The summed E-state index contributed by atoms with van der Waals surface area (Å²) >= 11 is 0. The Bertz CT molecular complexity index is 807. The standard InChI is InChI=1S/C18H18N2O2/c1-3-22-18(21)19-17-16(13-9-5-4-6-10-13)14-11-7-8-12-15(14)20(17)2/h4-12H,3H2,1-2H3,(H,19,21). The van der Waals surface area contributed by atoms with E-state index in [1.54, 1.807) is 6.92 Å². The van der Waals surface area contributed by atoms with E-state index < -0.39 is 6.09 Å². The molecule has 0 aliphatic carbocycles. The molecule has 3 aromatic rings. The van der Waals surface area contributed by atoms with Crippen LogP contribution in [0, 0.1) is 0 Å². The van der Waals surface area contributed by atoms with E-state index in [0.29, 0.717) is 6.61 Å². The summed E-state index contributed by atoms with van der Waals surface area (Å²) in [5.41, 5.74) is 3.13. The predicted octanol–water partition coefficient (Wildman–Crippen LogP) is 4.41. The number of aromatic nitrogens is 1. The number of carbonyl (C=O) groups excluding carboxylic acids is 1. The smallest absolute Gasteiger partial charge is 0.412 e. The maximum Gasteiger partial charge on any atom is 0.412 e. The maximum absolute atomic E-state index is 11.9. The van der Waals surface area contributed by atoms with Gasteiger partial charge in [-0.15, -0.1) is 0 Å². The molecule has 0 fully saturated rings. The molecule has 1 heterocycles. The van der Waals surface area contributed by atoms with Gasteiger partial charge in [0.15, 0.2) is 0 Å². The number of para-hydroxylation sites is 1. The number of hydrogen-bond acceptors (Lipinski definition) is 2. The summed E-state index contributed by atoms with van der Waals surface area (Å²) in [7, 11) is 1.94. The van der Waals surface area contributed by atoms with Gasteiger partial charge in [-0.1, -0.05) is 48.5 Å². The van der Waals surface area contributed by atoms with Crippen molar-refractivity contribution in [2.75, 3.05) is 11.9 Å². The van der Waals surface area contributed by atoms with Gasteiger partial charge >= 0.3 is 6.09 Å². The fraction of sp³-hybridized carbons (Fsp3) is 0.167. The van der Waals surface area contributed by atoms with E-state index in [-0.39, 0.29) is 0 Å². The second-order valence-electron chi connectivity index (χ2n) is 5.01. The van der Waals surface area contributed by atoms with Crippen molar-refractivity contribution in [2.24, 2.45) is 7.05 Å². The number of hydrogen-bond donors (Lipinski definition) is 1. The molecular weight excluding hydrogens is 276 g/mol. The predicted molar refractivity (Wildman–Crippen MR) is 89.0 cm³/mol. The molecule has 0 radical (unpaired) electrons. The number of benzene rings is 2. The van der Waals surface area contributed by atoms with Gasteiger partial charge in [0.25, 0.3) is 0 Å². The highest BCUT2D eigenvalue weighted by Gasteiger charge is 2.18. The summed E-state index contributed by atoms with van der Waals surface area (Å²) in [6.07, 6.45) is -0.439. The molecule has 0 aliphatic heterocycles. The summed E-state index contributed by atoms with van der Waals surface area (Å²) in [5.74, 6) is 0.742. The first kappa shape index (κ1) is 14.2. The second kappa shape index (κ2) is 5.93. The summed E-state index contributed by atoms with van der Waals surface area (Å²) in [6.45, 7) is 2.13. The first-order chi connectivity index (χ1) is 10.7. The van der Waals surface area contributed by atoms with Gasteiger partial charge in [0.05, 0.1) is 12.1 Å². The van der Waals surface area contributed by atoms with Crippen LogP contribution in [0.3, 0.4) is 0 Å². The lowest BCUT2D eigenvalue weighted by atomic mass is 10.0. The van der Waals surface area contributed by atoms with Gasteiger partial charge in [-0.25, -0.2) is 4.79 Å². The third-order valence-corrected chi connectivity index (χ3v) is 3.67. The van der Waals surface area contributed by atoms with E-state index in [2.05, 4.69) is 11.4 Å². The monoisotopic (exact) mass is 294 g/mol. The van der Waals surface area contributed by atoms with Gasteiger partial charge in [0, 0.05) is 18.0 Å². The van der Waals surface area contributed by atoms with Crippen molar-refractivity contribution in [2.45, 2.75) is 6.92 Å². The second-order valence-corrected chi connectivity index (χ2v) is 5.01. The quantitative estimate of drug-likeness (QED) is 0.777. The van der Waals surface area contributed by atoms with Crippen LogP contribution < -0.4 is 5.32 Å². The summed E-state index contributed by atoms with van der Waals surface area (Å²) in [5, 5.41) is 3.97. The van der Waals surface area contributed by atoms with Gasteiger partial charge in [-0.3, -0.25) is 5.32 Å². The van der Waals surface area contributed by atoms with E-state index in [4.69, 9.17) is 4.74 Å². The van der Waals surface area contributed by atoms with E-state index >= 15 is 0 Å². The number of ether oxygens (including phenoxy) is 1. The Hall–Kier alpha value is -2.75. The van der Waals surface area contributed by atoms with Crippen LogP contribution >= 0.6 is 0 Å². The molecule has 1 aromatic heterocycles. The Balaban J connectivity index is 2.21. The fourth-order valence-electron chi connectivity index (χ4n) is 2.70. The summed E-state index contributed by atoms with van der Waals surface area (Å²) in [6, 6.07) is 18.1. The van der Waals surface area contributed by atoms with Crippen LogP contribution in [0.15, 0.2) is 54.6 Å². The van der Waals surface area contributed by atoms with Crippen molar-refractivity contribution < 1.29 is 9.53 Å². The third kappa shape index (κ3) is 2.44. The number of nitrogens with one attached hydrogen (secondary N) is 1. The zero-order chi connectivity index (χ0) is 15.5. The minimum Gasteiger partial charge on any atom is -0.450 e. The van der Waals surface area contributed by atoms with E-state index in [1.165, 1.54) is 0 Å². The van der Waals surface area contributed by atoms with Crippen LogP contribution in [0.25, 0.3) is 22.0 Å². The molecule has 0 spiro atoms. The normalized spacial score (nSPS) is 10.6. The lowest BCUT2D eigenvalue weighted by molar-refractivity contribution is 0.167. The Labute approximate surface area is 129 Å². The molecule has 0 aliphatic rings. The molecule has 1 amide bonds. The highest BCUT2D eigenvalue weighted by atomic mass is 16.5. The minimum atomic E-state index is -0.439. The lowest BCUT2D eigenvalue weighted by Crippen LogP contribution is -2.16. The number of fused-ring (bicyclic) bond motifs is 1. The van der Waals surface area contributed by atoms with Crippen molar-refractivity contribution in [3.63, 3.8) is 0 Å². The number of carbonyl (C=O) groups is 1. The third-order valence-electron chi connectivity index (χ3n) is 3.67. The molecule has 1 N–H and O–H groups in total. The summed E-state index contributed by atoms with van der Waals surface area (Å²) in [4.78, 5) is 11.9. The van der Waals surface area contributed by atoms with Gasteiger partial charge in [-0.05, 0) is 18.6 Å². The zero-order valence-corrected chi connectivity index (χ0v) is 12.7. The minimum absolute atomic E-state index is 0.344. The molecule has 112 valence electrons. The SMILES string of the molecule is CCOC(=O)Nc1c(-c2ccccc2)c2ccccc2n1C. The molecule has 0 atom stereocenters. The van der Waals surface area contributed by atoms with E-state index in [0.717, 1.165) is 27.8 Å². The number of anilines is 1. The van der Waals surface area contributed by atoms with Gasteiger partial charge in [0.1, 0.15) is 5.82 Å². The van der Waals surface area contributed by atoms with Crippen LogP contribution in [-0.2, 0) is 11.8 Å². The Morgan fingerprint density at radius 3 is 2.50 bits per heavy atom. The molecule has 0 saturated heterocycles. The fourth-order valence-corrected chi connectivity index (χ4v) is 2.70. The maximum atomic E-state index is 11.9. The van der Waals surface area contributed by atoms with Crippen LogP contribution in [0.2, 0.25) is 0 Å². The van der Waals surface area contributed by atoms with Crippen molar-refractivity contribution in [1.29, 1.82) is 0 Å². The average Bonchev–Trinajstić information content (AvgIpc) is 2.81. The van der Waals surface area contributed by atoms with Crippen LogP contribution in [-0.4, -0.2) is 17.3 Å². The highest BCUT2D eigenvalue weighted by molar-refractivity contribution is 6.06. The van der Waals surface area contributed by atoms with Crippen LogP contribution in [0.4, 0.5) is 10.6 Å². The molecule has 2 aromatic carbocycles. The molecule has 0 unspecified atom stereocenters. The number of nitrogens with zero attached hydrogens (tertiary/aromatic N) is 1. The van der Waals surface area contributed by atoms with Gasteiger partial charge in [0.2, 0.25) is 0 Å². The zero-order valence-electron chi connectivity index (χ0n) is 12.7. The lowest BCUT2D eigenvalue weighted by Gasteiger charge is -2.10. The molecule has 22 heavy (non-hydrogen) atoms. The molecule has 3 rings (SSSR count). The Morgan fingerprint density at radius 1 is 1.09 bits per heavy atom. The van der Waals surface area contributed by atoms with Crippen LogP contribution in [0.1, 0.15) is 6.92 Å². The molecule has 0 bridgehead atoms. The largest absolute Gasteiger partial charge is 0.450 e. The Kier molecular flexibility index (Phi) is 3.83. The van der Waals surface area contributed by atoms with E-state index in [1.807, 2.05) is 60.1 Å². The first-order valence-corrected chi connectivity index (χ1v) is 7.29. The number of rotatable bonds is 3. The molecule has 4 heteroatoms. The van der Waals surface area contributed by atoms with Crippen LogP contribution in [0.5, 0.6) is 0 Å². The molecular formula is C18H18N2O2. The highest BCUT2D eigenvalue weighted by Crippen LogP contribution is 2.37. The van der Waals surface area contributed by atoms with Gasteiger partial charge < -0.3 is 9.30 Å². The van der Waals surface area contributed by atoms with Crippen molar-refractivity contribution in [1.82, 2.24) is 4.57 Å². The molecule has 4 nitrogen and oxygen atoms in total.